The minimum atomic E-state index is -1.82. The van der Waals surface area contributed by atoms with Crippen molar-refractivity contribution < 1.29 is 29.3 Å². The van der Waals surface area contributed by atoms with Crippen molar-refractivity contribution in [1.29, 1.82) is 0 Å². The Morgan fingerprint density at radius 3 is 2.25 bits per heavy atom. The Hall–Kier alpha value is -2.13. The fraction of sp³-hybridized carbons (Fsp3) is 0.526. The molecule has 0 radical (unpaired) electrons. The largest absolute Gasteiger partial charge is 0.492 e. The molecule has 0 aromatic heterocycles. The van der Waals surface area contributed by atoms with E-state index in [2.05, 4.69) is 20.8 Å². The normalized spacial score (nSPS) is 20.8. The van der Waals surface area contributed by atoms with Gasteiger partial charge in [-0.15, -0.1) is 0 Å². The lowest BCUT2D eigenvalue weighted by Gasteiger charge is -2.17. The molecular weight excluding hydrogens is 432 g/mol. The summed E-state index contributed by atoms with van der Waals surface area (Å²) in [4.78, 5) is 31.9. The summed E-state index contributed by atoms with van der Waals surface area (Å²) in [5.41, 5.74) is 5.75. The van der Waals surface area contributed by atoms with E-state index in [0.717, 1.165) is 35.0 Å². The number of carboxylic acids is 2. The summed E-state index contributed by atoms with van der Waals surface area (Å²) in [6.45, 7) is 4.37. The van der Waals surface area contributed by atoms with Gasteiger partial charge in [-0.05, 0) is 65.2 Å². The lowest BCUT2D eigenvalue weighted by molar-refractivity contribution is -0.159. The van der Waals surface area contributed by atoms with E-state index < -0.39 is 17.8 Å². The maximum atomic E-state index is 11.1. The van der Waals surface area contributed by atoms with E-state index in [1.807, 2.05) is 0 Å². The number of aliphatic carboxylic acids is 2. The highest BCUT2D eigenvalue weighted by Gasteiger charge is 2.35. The Bertz CT molecular complexity index is 702. The third kappa shape index (κ3) is 6.49. The second-order valence-corrected chi connectivity index (χ2v) is 7.89. The number of hydrogen-bond acceptors (Lipinski definition) is 5. The van der Waals surface area contributed by atoms with Gasteiger partial charge in [-0.2, -0.15) is 0 Å². The van der Waals surface area contributed by atoms with Gasteiger partial charge < -0.3 is 25.6 Å². The van der Waals surface area contributed by atoms with Crippen LogP contribution in [0.25, 0.3) is 0 Å². The van der Waals surface area contributed by atoms with E-state index in [-0.39, 0.29) is 0 Å². The molecule has 1 aliphatic heterocycles. The number of halogens is 1. The van der Waals surface area contributed by atoms with Gasteiger partial charge in [0.15, 0.2) is 0 Å². The van der Waals surface area contributed by atoms with Crippen LogP contribution in [0.3, 0.4) is 0 Å². The number of amides is 1. The second-order valence-electron chi connectivity index (χ2n) is 7.03. The lowest BCUT2D eigenvalue weighted by atomic mass is 10.0. The SMILES string of the molecule is NC(=O)c1ccc(OCCCN2CC3CCCC3C2)c(Br)c1.O=C(O)C(=O)O. The monoisotopic (exact) mass is 456 g/mol. The first-order valence-corrected chi connectivity index (χ1v) is 9.98. The summed E-state index contributed by atoms with van der Waals surface area (Å²) in [7, 11) is 0. The minimum Gasteiger partial charge on any atom is -0.492 e. The molecule has 4 N–H and O–H groups in total. The molecule has 3 rings (SSSR count). The number of hydrogen-bond donors (Lipinski definition) is 3. The van der Waals surface area contributed by atoms with Crippen LogP contribution in [0.1, 0.15) is 36.0 Å². The van der Waals surface area contributed by atoms with Crippen LogP contribution < -0.4 is 10.5 Å². The zero-order valence-corrected chi connectivity index (χ0v) is 17.1. The second kappa shape index (κ2) is 10.4. The Morgan fingerprint density at radius 1 is 1.14 bits per heavy atom. The van der Waals surface area contributed by atoms with Crippen molar-refractivity contribution in [3.8, 4) is 5.75 Å². The van der Waals surface area contributed by atoms with E-state index >= 15 is 0 Å². The number of rotatable bonds is 6. The van der Waals surface area contributed by atoms with Crippen LogP contribution in [0.4, 0.5) is 0 Å². The number of ether oxygens (including phenoxy) is 1. The Balaban J connectivity index is 0.000000409. The summed E-state index contributed by atoms with van der Waals surface area (Å²) >= 11 is 3.42. The number of nitrogens with two attached hydrogens (primary N) is 1. The molecule has 1 heterocycles. The van der Waals surface area contributed by atoms with Gasteiger partial charge in [-0.25, -0.2) is 9.59 Å². The van der Waals surface area contributed by atoms with E-state index in [9.17, 15) is 4.79 Å². The third-order valence-electron chi connectivity index (χ3n) is 5.08. The summed E-state index contributed by atoms with van der Waals surface area (Å²) in [5.74, 6) is -1.40. The molecule has 1 aliphatic carbocycles. The number of benzene rings is 1. The highest BCUT2D eigenvalue weighted by atomic mass is 79.9. The van der Waals surface area contributed by atoms with Gasteiger partial charge in [0, 0.05) is 25.2 Å². The van der Waals surface area contributed by atoms with Crippen LogP contribution in [-0.2, 0) is 9.59 Å². The van der Waals surface area contributed by atoms with Gasteiger partial charge in [0.05, 0.1) is 11.1 Å². The topological polar surface area (TPSA) is 130 Å². The number of carbonyl (C=O) groups is 3. The van der Waals surface area contributed by atoms with Crippen molar-refractivity contribution >= 4 is 33.8 Å². The van der Waals surface area contributed by atoms with E-state index in [1.165, 1.54) is 32.4 Å². The van der Waals surface area contributed by atoms with Gasteiger partial charge in [-0.3, -0.25) is 4.79 Å². The first-order chi connectivity index (χ1) is 13.3. The van der Waals surface area contributed by atoms with Crippen molar-refractivity contribution in [3.63, 3.8) is 0 Å². The van der Waals surface area contributed by atoms with E-state index in [0.29, 0.717) is 12.2 Å². The highest BCUT2D eigenvalue weighted by Crippen LogP contribution is 2.37. The van der Waals surface area contributed by atoms with Gasteiger partial charge in [0.1, 0.15) is 5.75 Å². The zero-order valence-electron chi connectivity index (χ0n) is 15.5. The smallest absolute Gasteiger partial charge is 0.414 e. The van der Waals surface area contributed by atoms with Gasteiger partial charge in [0.25, 0.3) is 0 Å². The number of likely N-dealkylation sites (tertiary alicyclic amines) is 1. The predicted molar refractivity (Wildman–Crippen MR) is 105 cm³/mol. The molecule has 154 valence electrons. The highest BCUT2D eigenvalue weighted by molar-refractivity contribution is 9.10. The van der Waals surface area contributed by atoms with Crippen LogP contribution in [0.2, 0.25) is 0 Å². The number of carboxylic acid groups (broad SMARTS) is 2. The van der Waals surface area contributed by atoms with Crippen LogP contribution in [0.5, 0.6) is 5.75 Å². The lowest BCUT2D eigenvalue weighted by Crippen LogP contribution is -2.24. The molecule has 2 fully saturated rings. The van der Waals surface area contributed by atoms with Crippen molar-refractivity contribution in [2.45, 2.75) is 25.7 Å². The predicted octanol–water partition coefficient (Wildman–Crippen LogP) is 2.20. The number of carbonyl (C=O) groups excluding carboxylic acids is 1. The quantitative estimate of drug-likeness (QED) is 0.441. The maximum absolute atomic E-state index is 11.1. The molecule has 2 unspecified atom stereocenters. The number of nitrogens with zero attached hydrogens (tertiary/aromatic N) is 1. The van der Waals surface area contributed by atoms with Gasteiger partial charge >= 0.3 is 11.9 Å². The van der Waals surface area contributed by atoms with Crippen molar-refractivity contribution in [2.75, 3.05) is 26.2 Å². The molecule has 1 aromatic carbocycles. The Morgan fingerprint density at radius 2 is 1.75 bits per heavy atom. The van der Waals surface area contributed by atoms with Gasteiger partial charge in [0.2, 0.25) is 5.91 Å². The standard InChI is InChI=1S/C17H23BrN2O2.C2H2O4/c18-15-9-12(17(19)21)5-6-16(15)22-8-2-7-20-10-13-3-1-4-14(13)11-20;3-1(4)2(5)6/h5-6,9,13-14H,1-4,7-8,10-11H2,(H2,19,21);(H,3,4)(H,5,6). The fourth-order valence-electron chi connectivity index (χ4n) is 3.76. The molecule has 1 saturated carbocycles. The molecule has 28 heavy (non-hydrogen) atoms. The molecule has 1 amide bonds. The van der Waals surface area contributed by atoms with Crippen molar-refractivity contribution in [2.24, 2.45) is 17.6 Å². The summed E-state index contributed by atoms with van der Waals surface area (Å²) in [5, 5.41) is 14.8. The first-order valence-electron chi connectivity index (χ1n) is 9.18. The maximum Gasteiger partial charge on any atom is 0.414 e. The first kappa shape index (κ1) is 22.2. The van der Waals surface area contributed by atoms with Crippen molar-refractivity contribution in [1.82, 2.24) is 4.90 Å². The molecule has 1 aromatic rings. The molecule has 9 heteroatoms. The molecule has 1 saturated heterocycles. The summed E-state index contributed by atoms with van der Waals surface area (Å²) in [6.07, 6.45) is 5.32. The number of primary amides is 1. The molecular formula is C19H25BrN2O6. The fourth-order valence-corrected chi connectivity index (χ4v) is 4.25. The molecule has 8 nitrogen and oxygen atoms in total. The van der Waals surface area contributed by atoms with Crippen LogP contribution in [-0.4, -0.2) is 59.2 Å². The zero-order chi connectivity index (χ0) is 20.7. The molecule has 0 spiro atoms. The minimum absolute atomic E-state index is 0.424. The number of fused-ring (bicyclic) bond motifs is 1. The Kier molecular flexibility index (Phi) is 8.25. The van der Waals surface area contributed by atoms with E-state index in [1.54, 1.807) is 18.2 Å². The average molecular weight is 457 g/mol. The average Bonchev–Trinajstić information content (AvgIpc) is 3.21. The molecule has 2 atom stereocenters. The van der Waals surface area contributed by atoms with E-state index in [4.69, 9.17) is 30.3 Å². The molecule has 2 aliphatic rings. The summed E-state index contributed by atoms with van der Waals surface area (Å²) < 4.78 is 6.58. The molecule has 0 bridgehead atoms. The Labute approximate surface area is 171 Å². The van der Waals surface area contributed by atoms with Crippen LogP contribution in [0, 0.1) is 11.8 Å². The van der Waals surface area contributed by atoms with Crippen LogP contribution in [0.15, 0.2) is 22.7 Å². The van der Waals surface area contributed by atoms with Gasteiger partial charge in [-0.1, -0.05) is 6.42 Å². The third-order valence-corrected chi connectivity index (χ3v) is 5.70. The van der Waals surface area contributed by atoms with Crippen molar-refractivity contribution in [3.05, 3.63) is 28.2 Å². The summed E-state index contributed by atoms with van der Waals surface area (Å²) in [6, 6.07) is 5.20. The van der Waals surface area contributed by atoms with Crippen LogP contribution >= 0.6 is 15.9 Å².